The van der Waals surface area contributed by atoms with E-state index in [4.69, 9.17) is 0 Å². The topological polar surface area (TPSA) is 4.93 Å². The fraction of sp³-hybridized carbons (Fsp3) is 0.692. The van der Waals surface area contributed by atoms with Crippen molar-refractivity contribution in [2.24, 2.45) is 0 Å². The van der Waals surface area contributed by atoms with Gasteiger partial charge in [-0.3, -0.25) is 0 Å². The third-order valence-electron chi connectivity index (χ3n) is 5.99. The second-order valence-corrected chi connectivity index (χ2v) is 8.30. The van der Waals surface area contributed by atoms with Crippen molar-refractivity contribution in [3.05, 3.63) is 36.0 Å². The van der Waals surface area contributed by atoms with Crippen LogP contribution >= 0.6 is 0 Å². The van der Waals surface area contributed by atoms with E-state index in [0.717, 1.165) is 6.42 Å². The van der Waals surface area contributed by atoms with Crippen LogP contribution in [-0.4, -0.2) is 4.57 Å². The van der Waals surface area contributed by atoms with E-state index >= 15 is 0 Å². The third-order valence-corrected chi connectivity index (χ3v) is 5.99. The minimum atomic E-state index is 1.13. The number of para-hydroxylation sites is 1. The van der Waals surface area contributed by atoms with Crippen LogP contribution in [0.15, 0.2) is 30.3 Å². The van der Waals surface area contributed by atoms with Crippen LogP contribution < -0.4 is 0 Å². The zero-order valence-corrected chi connectivity index (χ0v) is 18.1. The monoisotopic (exact) mass is 369 g/mol. The number of rotatable bonds is 16. The average Bonchev–Trinajstić information content (AvgIpc) is 3.06. The summed E-state index contributed by atoms with van der Waals surface area (Å²) in [6.45, 7) is 5.76. The molecule has 1 aromatic heterocycles. The molecule has 0 amide bonds. The molecule has 0 aliphatic heterocycles. The number of nitrogens with zero attached hydrogens (tertiary/aromatic N) is 1. The van der Waals surface area contributed by atoms with Gasteiger partial charge in [0.1, 0.15) is 0 Å². The van der Waals surface area contributed by atoms with Crippen LogP contribution in [0.2, 0.25) is 0 Å². The Morgan fingerprint density at radius 1 is 0.630 bits per heavy atom. The molecule has 1 heteroatoms. The first-order valence-electron chi connectivity index (χ1n) is 11.9. The van der Waals surface area contributed by atoms with Crippen molar-refractivity contribution in [1.82, 2.24) is 4.57 Å². The quantitative estimate of drug-likeness (QED) is 0.261. The Morgan fingerprint density at radius 3 is 1.70 bits per heavy atom. The third kappa shape index (κ3) is 8.11. The van der Waals surface area contributed by atoms with E-state index < -0.39 is 0 Å². The molecule has 0 bridgehead atoms. The molecule has 0 fully saturated rings. The molecule has 0 aliphatic rings. The van der Waals surface area contributed by atoms with Crippen LogP contribution in [0.1, 0.15) is 109 Å². The minimum Gasteiger partial charge on any atom is -0.345 e. The number of unbranched alkanes of at least 4 members (excludes halogenated alkanes) is 13. The Labute approximate surface area is 168 Å². The number of fused-ring (bicyclic) bond motifs is 1. The fourth-order valence-corrected chi connectivity index (χ4v) is 4.29. The molecule has 1 heterocycles. The predicted octanol–water partition coefficient (Wildman–Crippen LogP) is 8.69. The second kappa shape index (κ2) is 13.9. The average molecular weight is 370 g/mol. The van der Waals surface area contributed by atoms with Gasteiger partial charge in [-0.2, -0.15) is 0 Å². The largest absolute Gasteiger partial charge is 0.345 e. The van der Waals surface area contributed by atoms with Crippen LogP contribution in [0.4, 0.5) is 0 Å². The Hall–Kier alpha value is -1.24. The first-order valence-corrected chi connectivity index (χ1v) is 11.9. The highest BCUT2D eigenvalue weighted by molar-refractivity contribution is 5.81. The zero-order chi connectivity index (χ0) is 19.2. The summed E-state index contributed by atoms with van der Waals surface area (Å²) in [5.41, 5.74) is 2.91. The van der Waals surface area contributed by atoms with Crippen LogP contribution in [-0.2, 0) is 13.0 Å². The number of hydrogen-bond acceptors (Lipinski definition) is 0. The molecule has 0 atom stereocenters. The Kier molecular flexibility index (Phi) is 11.3. The maximum atomic E-state index is 2.55. The predicted molar refractivity (Wildman–Crippen MR) is 122 cm³/mol. The highest BCUT2D eigenvalue weighted by Crippen LogP contribution is 2.21. The van der Waals surface area contributed by atoms with Gasteiger partial charge in [-0.1, -0.05) is 116 Å². The van der Waals surface area contributed by atoms with Gasteiger partial charge in [0.15, 0.2) is 0 Å². The molecule has 0 saturated carbocycles. The van der Waals surface area contributed by atoms with Crippen molar-refractivity contribution in [1.29, 1.82) is 0 Å². The van der Waals surface area contributed by atoms with Gasteiger partial charge in [-0.25, -0.2) is 0 Å². The van der Waals surface area contributed by atoms with E-state index in [1.165, 1.54) is 113 Å². The van der Waals surface area contributed by atoms with E-state index in [-0.39, 0.29) is 0 Å². The zero-order valence-electron chi connectivity index (χ0n) is 18.1. The number of aryl methyl sites for hydroxylation is 2. The van der Waals surface area contributed by atoms with Gasteiger partial charge in [0.05, 0.1) is 0 Å². The van der Waals surface area contributed by atoms with Gasteiger partial charge in [0, 0.05) is 17.8 Å². The van der Waals surface area contributed by atoms with Crippen molar-refractivity contribution in [2.75, 3.05) is 0 Å². The molecule has 0 unspecified atom stereocenters. The number of benzene rings is 1. The van der Waals surface area contributed by atoms with Crippen molar-refractivity contribution in [2.45, 2.75) is 117 Å². The Morgan fingerprint density at radius 2 is 1.15 bits per heavy atom. The Bertz CT molecular complexity index is 610. The summed E-state index contributed by atoms with van der Waals surface area (Å²) >= 11 is 0. The molecule has 2 aromatic rings. The van der Waals surface area contributed by atoms with Crippen molar-refractivity contribution in [3.8, 4) is 0 Å². The minimum absolute atomic E-state index is 1.13. The number of aromatic nitrogens is 1. The summed E-state index contributed by atoms with van der Waals surface area (Å²) in [5, 5.41) is 1.40. The second-order valence-electron chi connectivity index (χ2n) is 8.30. The van der Waals surface area contributed by atoms with Crippen molar-refractivity contribution in [3.63, 3.8) is 0 Å². The normalized spacial score (nSPS) is 11.5. The standard InChI is InChI=1S/C26H43N/c1-3-5-6-7-8-9-10-11-12-13-14-15-16-19-22-27-25(4-2)23-24-20-17-18-21-26(24)27/h17-18,20-21,23H,3-16,19,22H2,1-2H3. The molecule has 2 rings (SSSR count). The number of hydrogen-bond donors (Lipinski definition) is 0. The summed E-state index contributed by atoms with van der Waals surface area (Å²) in [5.74, 6) is 0. The lowest BCUT2D eigenvalue weighted by Crippen LogP contribution is -2.02. The summed E-state index contributed by atoms with van der Waals surface area (Å²) in [7, 11) is 0. The van der Waals surface area contributed by atoms with Crippen LogP contribution in [0.25, 0.3) is 10.9 Å². The summed E-state index contributed by atoms with van der Waals surface area (Å²) in [4.78, 5) is 0. The maximum Gasteiger partial charge on any atom is 0.0482 e. The van der Waals surface area contributed by atoms with E-state index in [1.807, 2.05) is 0 Å². The smallest absolute Gasteiger partial charge is 0.0482 e. The molecule has 152 valence electrons. The SMILES string of the molecule is CCCCCCCCCCCCCCCCn1c(CC)cc2ccccc21. The highest BCUT2D eigenvalue weighted by atomic mass is 15.0. The van der Waals surface area contributed by atoms with Gasteiger partial charge >= 0.3 is 0 Å². The molecule has 1 nitrogen and oxygen atoms in total. The summed E-state index contributed by atoms with van der Waals surface area (Å²) in [6, 6.07) is 11.2. The van der Waals surface area contributed by atoms with Crippen molar-refractivity contribution < 1.29 is 0 Å². The molecule has 0 saturated heterocycles. The van der Waals surface area contributed by atoms with E-state index in [2.05, 4.69) is 48.7 Å². The van der Waals surface area contributed by atoms with Crippen molar-refractivity contribution >= 4 is 10.9 Å². The maximum absolute atomic E-state index is 2.55. The van der Waals surface area contributed by atoms with E-state index in [0.29, 0.717) is 0 Å². The van der Waals surface area contributed by atoms with Gasteiger partial charge < -0.3 is 4.57 Å². The molecule has 0 N–H and O–H groups in total. The molecular formula is C26H43N. The lowest BCUT2D eigenvalue weighted by atomic mass is 10.0. The van der Waals surface area contributed by atoms with Gasteiger partial charge in [-0.15, -0.1) is 0 Å². The van der Waals surface area contributed by atoms with E-state index in [1.54, 1.807) is 0 Å². The molecule has 0 aliphatic carbocycles. The van der Waals surface area contributed by atoms with Gasteiger partial charge in [0.25, 0.3) is 0 Å². The summed E-state index contributed by atoms with van der Waals surface area (Å²) in [6.07, 6.45) is 21.2. The first-order chi connectivity index (χ1) is 13.4. The van der Waals surface area contributed by atoms with E-state index in [9.17, 15) is 0 Å². The van der Waals surface area contributed by atoms with Crippen LogP contribution in [0.5, 0.6) is 0 Å². The molecular weight excluding hydrogens is 326 g/mol. The first kappa shape index (κ1) is 22.1. The Balaban J connectivity index is 1.47. The van der Waals surface area contributed by atoms with Gasteiger partial charge in [0.2, 0.25) is 0 Å². The van der Waals surface area contributed by atoms with Crippen LogP contribution in [0.3, 0.4) is 0 Å². The highest BCUT2D eigenvalue weighted by Gasteiger charge is 2.06. The molecule has 0 spiro atoms. The summed E-state index contributed by atoms with van der Waals surface area (Å²) < 4.78 is 2.55. The molecule has 1 aromatic carbocycles. The van der Waals surface area contributed by atoms with Gasteiger partial charge in [-0.05, 0) is 30.4 Å². The lowest BCUT2D eigenvalue weighted by molar-refractivity contribution is 0.524. The fourth-order valence-electron chi connectivity index (χ4n) is 4.29. The molecule has 27 heavy (non-hydrogen) atoms. The molecule has 0 radical (unpaired) electrons. The van der Waals surface area contributed by atoms with Crippen LogP contribution in [0, 0.1) is 0 Å². The lowest BCUT2D eigenvalue weighted by Gasteiger charge is -2.09.